The molecule has 0 heterocycles. The fraction of sp³-hybridized carbons (Fsp3) is 0.316. The lowest BCUT2D eigenvalue weighted by Crippen LogP contribution is -2.12. The van der Waals surface area contributed by atoms with Crippen molar-refractivity contribution in [3.63, 3.8) is 0 Å². The molecule has 0 aliphatic carbocycles. The smallest absolute Gasteiger partial charge is 0.306 e. The minimum Gasteiger partial charge on any atom is -0.466 e. The van der Waals surface area contributed by atoms with E-state index in [0.717, 1.165) is 6.42 Å². The van der Waals surface area contributed by atoms with E-state index in [9.17, 15) is 4.79 Å². The Labute approximate surface area is 126 Å². The third-order valence-corrected chi connectivity index (χ3v) is 3.59. The number of carbonyl (C=O) groups excluding carboxylic acids is 1. The van der Waals surface area contributed by atoms with Crippen LogP contribution < -0.4 is 0 Å². The van der Waals surface area contributed by atoms with Crippen LogP contribution in [0.1, 0.15) is 36.0 Å². The highest BCUT2D eigenvalue weighted by Crippen LogP contribution is 2.25. The molecule has 0 saturated carbocycles. The molecule has 2 aromatic rings. The van der Waals surface area contributed by atoms with Crippen LogP contribution in [0.25, 0.3) is 0 Å². The van der Waals surface area contributed by atoms with Gasteiger partial charge in [0.2, 0.25) is 0 Å². The van der Waals surface area contributed by atoms with E-state index in [0.29, 0.717) is 13.0 Å². The molecule has 2 rings (SSSR count). The van der Waals surface area contributed by atoms with Gasteiger partial charge < -0.3 is 4.74 Å². The summed E-state index contributed by atoms with van der Waals surface area (Å²) in [5.41, 5.74) is 3.69. The number of hydrogen-bond donors (Lipinski definition) is 0. The van der Waals surface area contributed by atoms with Crippen LogP contribution in [-0.4, -0.2) is 12.6 Å². The number of hydrogen-bond acceptors (Lipinski definition) is 2. The van der Waals surface area contributed by atoms with Crippen molar-refractivity contribution >= 4 is 5.97 Å². The second-order valence-electron chi connectivity index (χ2n) is 5.31. The van der Waals surface area contributed by atoms with Gasteiger partial charge in [0.15, 0.2) is 0 Å². The Kier molecular flexibility index (Phi) is 5.56. The number of carbonyl (C=O) groups is 1. The average Bonchev–Trinajstić information content (AvgIpc) is 2.50. The van der Waals surface area contributed by atoms with E-state index in [1.54, 1.807) is 0 Å². The van der Waals surface area contributed by atoms with Crippen LogP contribution in [0.5, 0.6) is 0 Å². The molecule has 1 atom stereocenters. The first-order valence-electron chi connectivity index (χ1n) is 7.45. The van der Waals surface area contributed by atoms with Crippen LogP contribution in [0.3, 0.4) is 0 Å². The van der Waals surface area contributed by atoms with Gasteiger partial charge in [-0.15, -0.1) is 0 Å². The van der Waals surface area contributed by atoms with E-state index in [2.05, 4.69) is 43.3 Å². The summed E-state index contributed by atoms with van der Waals surface area (Å²) in [5, 5.41) is 0. The summed E-state index contributed by atoms with van der Waals surface area (Å²) in [6.07, 6.45) is 1.27. The monoisotopic (exact) mass is 282 g/mol. The SMILES string of the molecule is CCOC(=O)CC(Cc1ccc(C)cc1)c1ccccc1. The summed E-state index contributed by atoms with van der Waals surface area (Å²) in [6.45, 7) is 4.36. The standard InChI is InChI=1S/C19H22O2/c1-3-21-19(20)14-18(17-7-5-4-6-8-17)13-16-11-9-15(2)10-12-16/h4-12,18H,3,13-14H2,1-2H3. The maximum atomic E-state index is 11.8. The maximum absolute atomic E-state index is 11.8. The number of aryl methyl sites for hydroxylation is 1. The third-order valence-electron chi connectivity index (χ3n) is 3.59. The van der Waals surface area contributed by atoms with Gasteiger partial charge in [-0.3, -0.25) is 4.79 Å². The molecule has 0 radical (unpaired) electrons. The Morgan fingerprint density at radius 3 is 2.33 bits per heavy atom. The van der Waals surface area contributed by atoms with Crippen molar-refractivity contribution in [2.75, 3.05) is 6.61 Å². The van der Waals surface area contributed by atoms with Crippen molar-refractivity contribution in [3.8, 4) is 0 Å². The number of esters is 1. The lowest BCUT2D eigenvalue weighted by molar-refractivity contribution is -0.143. The Hall–Kier alpha value is -2.09. The molecule has 0 aromatic heterocycles. The molecule has 0 fully saturated rings. The molecule has 110 valence electrons. The van der Waals surface area contributed by atoms with Crippen molar-refractivity contribution < 1.29 is 9.53 Å². The van der Waals surface area contributed by atoms with Gasteiger partial charge in [0.1, 0.15) is 0 Å². The van der Waals surface area contributed by atoms with Crippen LogP contribution in [-0.2, 0) is 16.0 Å². The second kappa shape index (κ2) is 7.63. The zero-order valence-electron chi connectivity index (χ0n) is 12.7. The molecule has 2 heteroatoms. The van der Waals surface area contributed by atoms with Crippen molar-refractivity contribution in [2.45, 2.75) is 32.6 Å². The average molecular weight is 282 g/mol. The Balaban J connectivity index is 2.15. The van der Waals surface area contributed by atoms with Crippen molar-refractivity contribution in [2.24, 2.45) is 0 Å². The Bertz CT molecular complexity index is 558. The first kappa shape index (κ1) is 15.3. The Morgan fingerprint density at radius 1 is 1.05 bits per heavy atom. The predicted octanol–water partition coefficient (Wildman–Crippen LogP) is 4.27. The molecule has 21 heavy (non-hydrogen) atoms. The molecule has 0 saturated heterocycles. The molecular formula is C19H22O2. The quantitative estimate of drug-likeness (QED) is 0.739. The van der Waals surface area contributed by atoms with Crippen molar-refractivity contribution in [1.29, 1.82) is 0 Å². The highest BCUT2D eigenvalue weighted by atomic mass is 16.5. The zero-order valence-corrected chi connectivity index (χ0v) is 12.7. The predicted molar refractivity (Wildman–Crippen MR) is 85.3 cm³/mol. The lowest BCUT2D eigenvalue weighted by Gasteiger charge is -2.17. The minimum absolute atomic E-state index is 0.126. The van der Waals surface area contributed by atoms with Gasteiger partial charge in [-0.05, 0) is 37.3 Å². The molecule has 1 unspecified atom stereocenters. The van der Waals surface area contributed by atoms with E-state index in [1.807, 2.05) is 25.1 Å². The molecular weight excluding hydrogens is 260 g/mol. The van der Waals surface area contributed by atoms with Gasteiger partial charge in [-0.1, -0.05) is 60.2 Å². The van der Waals surface area contributed by atoms with Gasteiger partial charge in [0.25, 0.3) is 0 Å². The van der Waals surface area contributed by atoms with Crippen LogP contribution in [0.15, 0.2) is 54.6 Å². The topological polar surface area (TPSA) is 26.3 Å². The molecule has 0 N–H and O–H groups in total. The number of rotatable bonds is 6. The van der Waals surface area contributed by atoms with E-state index in [-0.39, 0.29) is 11.9 Å². The minimum atomic E-state index is -0.126. The Morgan fingerprint density at radius 2 is 1.71 bits per heavy atom. The highest BCUT2D eigenvalue weighted by molar-refractivity contribution is 5.70. The third kappa shape index (κ3) is 4.75. The van der Waals surface area contributed by atoms with Gasteiger partial charge in [0, 0.05) is 0 Å². The lowest BCUT2D eigenvalue weighted by atomic mass is 9.89. The van der Waals surface area contributed by atoms with E-state index >= 15 is 0 Å². The molecule has 2 nitrogen and oxygen atoms in total. The van der Waals surface area contributed by atoms with E-state index in [1.165, 1.54) is 16.7 Å². The fourth-order valence-electron chi connectivity index (χ4n) is 2.46. The summed E-state index contributed by atoms with van der Waals surface area (Å²) in [5.74, 6) is 0.0337. The van der Waals surface area contributed by atoms with Crippen molar-refractivity contribution in [1.82, 2.24) is 0 Å². The fourth-order valence-corrected chi connectivity index (χ4v) is 2.46. The first-order valence-corrected chi connectivity index (χ1v) is 7.45. The molecule has 0 aliphatic rings. The van der Waals surface area contributed by atoms with Gasteiger partial charge in [-0.2, -0.15) is 0 Å². The van der Waals surface area contributed by atoms with E-state index in [4.69, 9.17) is 4.74 Å². The van der Waals surface area contributed by atoms with Crippen molar-refractivity contribution in [3.05, 3.63) is 71.3 Å². The van der Waals surface area contributed by atoms with Gasteiger partial charge >= 0.3 is 5.97 Å². The second-order valence-corrected chi connectivity index (χ2v) is 5.31. The molecule has 0 amide bonds. The first-order chi connectivity index (χ1) is 10.2. The van der Waals surface area contributed by atoms with Crippen LogP contribution in [0.2, 0.25) is 0 Å². The summed E-state index contributed by atoms with van der Waals surface area (Å²) in [6, 6.07) is 18.7. The normalized spacial score (nSPS) is 11.9. The maximum Gasteiger partial charge on any atom is 0.306 e. The molecule has 0 spiro atoms. The van der Waals surface area contributed by atoms with Gasteiger partial charge in [0.05, 0.1) is 13.0 Å². The zero-order chi connectivity index (χ0) is 15.1. The molecule has 0 bridgehead atoms. The van der Waals surface area contributed by atoms with Crippen LogP contribution in [0, 0.1) is 6.92 Å². The molecule has 0 aliphatic heterocycles. The van der Waals surface area contributed by atoms with Crippen LogP contribution in [0.4, 0.5) is 0 Å². The highest BCUT2D eigenvalue weighted by Gasteiger charge is 2.17. The summed E-state index contributed by atoms with van der Waals surface area (Å²) in [7, 11) is 0. The number of ether oxygens (including phenoxy) is 1. The molecule has 2 aromatic carbocycles. The number of benzene rings is 2. The largest absolute Gasteiger partial charge is 0.466 e. The van der Waals surface area contributed by atoms with Gasteiger partial charge in [-0.25, -0.2) is 0 Å². The summed E-state index contributed by atoms with van der Waals surface area (Å²) < 4.78 is 5.11. The summed E-state index contributed by atoms with van der Waals surface area (Å²) >= 11 is 0. The summed E-state index contributed by atoms with van der Waals surface area (Å²) in [4.78, 5) is 11.8. The van der Waals surface area contributed by atoms with E-state index < -0.39 is 0 Å². The van der Waals surface area contributed by atoms with Crippen LogP contribution >= 0.6 is 0 Å².